The van der Waals surface area contributed by atoms with Crippen molar-refractivity contribution in [3.8, 4) is 16.9 Å². The van der Waals surface area contributed by atoms with Crippen LogP contribution < -0.4 is 15.8 Å². The van der Waals surface area contributed by atoms with Crippen LogP contribution in [0.1, 0.15) is 24.4 Å². The van der Waals surface area contributed by atoms with Crippen LogP contribution in [0.5, 0.6) is 5.75 Å². The van der Waals surface area contributed by atoms with Crippen LogP contribution in [-0.2, 0) is 11.3 Å². The molecule has 1 aliphatic rings. The number of carbonyl (C=O) groups excluding carboxylic acids is 1. The average molecular weight is 458 g/mol. The van der Waals surface area contributed by atoms with Crippen molar-refractivity contribution in [2.24, 2.45) is 5.92 Å². The highest BCUT2D eigenvalue weighted by atomic mass is 16.5. The molecule has 5 rings (SSSR count). The largest absolute Gasteiger partial charge is 0.489 e. The van der Waals surface area contributed by atoms with E-state index in [0.717, 1.165) is 46.3 Å². The Bertz CT molecular complexity index is 1300. The van der Waals surface area contributed by atoms with Gasteiger partial charge in [0.1, 0.15) is 30.1 Å². The number of amides is 1. The maximum atomic E-state index is 11.4. The Balaban J connectivity index is 1.39. The third-order valence-corrected chi connectivity index (χ3v) is 6.36. The molecule has 8 heteroatoms. The van der Waals surface area contributed by atoms with Gasteiger partial charge in [-0.3, -0.25) is 0 Å². The quantitative estimate of drug-likeness (QED) is 0.421. The molecule has 0 saturated heterocycles. The van der Waals surface area contributed by atoms with Crippen molar-refractivity contribution in [3.05, 3.63) is 72.7 Å². The number of hydrogen-bond donors (Lipinski definition) is 2. The number of anilines is 1. The maximum Gasteiger partial charge on any atom is 0.406 e. The molecule has 2 aromatic heterocycles. The van der Waals surface area contributed by atoms with E-state index in [1.165, 1.54) is 13.4 Å². The lowest BCUT2D eigenvalue weighted by molar-refractivity contribution is 0.155. The second kappa shape index (κ2) is 9.43. The summed E-state index contributed by atoms with van der Waals surface area (Å²) in [5.74, 6) is 1.65. The van der Waals surface area contributed by atoms with Crippen molar-refractivity contribution >= 4 is 22.9 Å². The highest BCUT2D eigenvalue weighted by Crippen LogP contribution is 2.42. The summed E-state index contributed by atoms with van der Waals surface area (Å²) in [6, 6.07) is 18.4. The van der Waals surface area contributed by atoms with Crippen LogP contribution in [0.25, 0.3) is 22.2 Å². The summed E-state index contributed by atoms with van der Waals surface area (Å²) in [5, 5.41) is 3.63. The summed E-state index contributed by atoms with van der Waals surface area (Å²) in [6.45, 7) is 1.10. The number of rotatable bonds is 7. The predicted octanol–water partition coefficient (Wildman–Crippen LogP) is 4.57. The summed E-state index contributed by atoms with van der Waals surface area (Å²) in [5.41, 5.74) is 10.2. The summed E-state index contributed by atoms with van der Waals surface area (Å²) >= 11 is 0. The fourth-order valence-electron chi connectivity index (χ4n) is 4.49. The second-order valence-corrected chi connectivity index (χ2v) is 8.57. The van der Waals surface area contributed by atoms with Gasteiger partial charge in [-0.05, 0) is 42.0 Å². The van der Waals surface area contributed by atoms with Gasteiger partial charge >= 0.3 is 6.09 Å². The van der Waals surface area contributed by atoms with Crippen LogP contribution >= 0.6 is 0 Å². The number of nitrogen functional groups attached to an aromatic ring is 1. The van der Waals surface area contributed by atoms with Gasteiger partial charge in [-0.2, -0.15) is 0 Å². The molecule has 2 aromatic carbocycles. The first-order valence-corrected chi connectivity index (χ1v) is 11.3. The highest BCUT2D eigenvalue weighted by Gasteiger charge is 2.32. The van der Waals surface area contributed by atoms with E-state index < -0.39 is 6.09 Å². The van der Waals surface area contributed by atoms with Gasteiger partial charge in [0.15, 0.2) is 0 Å². The SMILES string of the molecule is COC(=O)NCC1CC(n2cc(-c3cccc(OCc4ccccc4)c3)c3c(N)ncnc32)C1. The monoisotopic (exact) mass is 457 g/mol. The number of alkyl carbamates (subject to hydrolysis) is 1. The minimum atomic E-state index is -0.396. The van der Waals surface area contributed by atoms with Gasteiger partial charge in [-0.25, -0.2) is 14.8 Å². The molecule has 3 N–H and O–H groups in total. The van der Waals surface area contributed by atoms with Crippen molar-refractivity contribution in [1.82, 2.24) is 19.9 Å². The molecular weight excluding hydrogens is 430 g/mol. The number of hydrogen-bond acceptors (Lipinski definition) is 6. The summed E-state index contributed by atoms with van der Waals surface area (Å²) < 4.78 is 12.9. The number of nitrogens with one attached hydrogen (secondary N) is 1. The van der Waals surface area contributed by atoms with Gasteiger partial charge < -0.3 is 25.1 Å². The molecule has 2 heterocycles. The number of carbonyl (C=O) groups is 1. The van der Waals surface area contributed by atoms with Crippen molar-refractivity contribution in [1.29, 1.82) is 0 Å². The molecule has 0 bridgehead atoms. The van der Waals surface area contributed by atoms with E-state index in [1.807, 2.05) is 54.6 Å². The lowest BCUT2D eigenvalue weighted by atomic mass is 9.80. The van der Waals surface area contributed by atoms with Crippen molar-refractivity contribution in [2.75, 3.05) is 19.4 Å². The van der Waals surface area contributed by atoms with Crippen LogP contribution in [-0.4, -0.2) is 34.3 Å². The number of methoxy groups -OCH3 is 1. The fourth-order valence-corrected chi connectivity index (χ4v) is 4.49. The van der Waals surface area contributed by atoms with E-state index in [9.17, 15) is 4.79 Å². The zero-order chi connectivity index (χ0) is 23.5. The van der Waals surface area contributed by atoms with E-state index in [1.54, 1.807) is 0 Å². The van der Waals surface area contributed by atoms with E-state index in [4.69, 9.17) is 10.5 Å². The molecule has 0 aliphatic heterocycles. The highest BCUT2D eigenvalue weighted by molar-refractivity contribution is 6.00. The summed E-state index contributed by atoms with van der Waals surface area (Å²) in [6.07, 6.45) is 5.11. The van der Waals surface area contributed by atoms with Crippen LogP contribution in [0, 0.1) is 5.92 Å². The van der Waals surface area contributed by atoms with E-state index in [-0.39, 0.29) is 6.04 Å². The zero-order valence-corrected chi connectivity index (χ0v) is 19.0. The molecule has 1 fully saturated rings. The van der Waals surface area contributed by atoms with Crippen molar-refractivity contribution in [3.63, 3.8) is 0 Å². The zero-order valence-electron chi connectivity index (χ0n) is 19.0. The molecular formula is C26H27N5O3. The van der Waals surface area contributed by atoms with Gasteiger partial charge in [0.2, 0.25) is 0 Å². The van der Waals surface area contributed by atoms with E-state index in [0.29, 0.717) is 24.9 Å². The average Bonchev–Trinajstić information content (AvgIpc) is 3.23. The number of nitrogens with two attached hydrogens (primary N) is 1. The third-order valence-electron chi connectivity index (χ3n) is 6.36. The lowest BCUT2D eigenvalue weighted by Gasteiger charge is -2.36. The Morgan fingerprint density at radius 1 is 1.15 bits per heavy atom. The van der Waals surface area contributed by atoms with Crippen LogP contribution in [0.2, 0.25) is 0 Å². The molecule has 0 radical (unpaired) electrons. The van der Waals surface area contributed by atoms with Crippen LogP contribution in [0.4, 0.5) is 10.6 Å². The Morgan fingerprint density at radius 3 is 2.76 bits per heavy atom. The number of fused-ring (bicyclic) bond motifs is 1. The number of ether oxygens (including phenoxy) is 2. The molecule has 1 saturated carbocycles. The molecule has 1 amide bonds. The second-order valence-electron chi connectivity index (χ2n) is 8.57. The molecule has 0 unspecified atom stereocenters. The summed E-state index contributed by atoms with van der Waals surface area (Å²) in [4.78, 5) is 20.2. The van der Waals surface area contributed by atoms with Crippen LogP contribution in [0.15, 0.2) is 67.1 Å². The Labute approximate surface area is 197 Å². The molecule has 1 aliphatic carbocycles. The third kappa shape index (κ3) is 4.39. The molecule has 8 nitrogen and oxygen atoms in total. The maximum absolute atomic E-state index is 11.4. The van der Waals surface area contributed by atoms with Crippen molar-refractivity contribution < 1.29 is 14.3 Å². The number of benzene rings is 2. The normalized spacial score (nSPS) is 17.2. The summed E-state index contributed by atoms with van der Waals surface area (Å²) in [7, 11) is 1.37. The van der Waals surface area contributed by atoms with E-state index >= 15 is 0 Å². The fraction of sp³-hybridized carbons (Fsp3) is 0.269. The standard InChI is InChI=1S/C26H27N5O3/c1-33-26(32)28-13-18-10-20(11-18)31-14-22(23-24(27)29-16-30-25(23)31)19-8-5-9-21(12-19)34-15-17-6-3-2-4-7-17/h2-9,12,14,16,18,20H,10-11,13,15H2,1H3,(H,28,32)(H2,27,29,30). The Kier molecular flexibility index (Phi) is 6.03. The number of nitrogens with zero attached hydrogens (tertiary/aromatic N) is 3. The van der Waals surface area contributed by atoms with E-state index in [2.05, 4.69) is 30.8 Å². The van der Waals surface area contributed by atoms with Gasteiger partial charge in [0.05, 0.1) is 12.5 Å². The number of aromatic nitrogens is 3. The van der Waals surface area contributed by atoms with Crippen molar-refractivity contribution in [2.45, 2.75) is 25.5 Å². The lowest BCUT2D eigenvalue weighted by Crippen LogP contribution is -2.36. The smallest absolute Gasteiger partial charge is 0.406 e. The molecule has 34 heavy (non-hydrogen) atoms. The minimum Gasteiger partial charge on any atom is -0.489 e. The molecule has 4 aromatic rings. The topological polar surface area (TPSA) is 104 Å². The predicted molar refractivity (Wildman–Crippen MR) is 130 cm³/mol. The molecule has 0 spiro atoms. The molecule has 174 valence electrons. The van der Waals surface area contributed by atoms with Gasteiger partial charge in [-0.1, -0.05) is 42.5 Å². The first-order valence-electron chi connectivity index (χ1n) is 11.3. The van der Waals surface area contributed by atoms with Gasteiger partial charge in [0, 0.05) is 24.3 Å². The first kappa shape index (κ1) is 21.8. The molecule has 0 atom stereocenters. The Morgan fingerprint density at radius 2 is 1.97 bits per heavy atom. The van der Waals surface area contributed by atoms with Gasteiger partial charge in [-0.15, -0.1) is 0 Å². The Hall–Kier alpha value is -4.07. The minimum absolute atomic E-state index is 0.285. The first-order chi connectivity index (χ1) is 16.6. The van der Waals surface area contributed by atoms with Crippen LogP contribution in [0.3, 0.4) is 0 Å². The van der Waals surface area contributed by atoms with Gasteiger partial charge in [0.25, 0.3) is 0 Å².